The highest BCUT2D eigenvalue weighted by atomic mass is 32.1. The number of anilines is 1. The Labute approximate surface area is 80.5 Å². The van der Waals surface area contributed by atoms with E-state index in [9.17, 15) is 22.0 Å². The predicted octanol–water partition coefficient (Wildman–Crippen LogP) is 2.63. The Morgan fingerprint density at radius 3 is 1.50 bits per heavy atom. The quantitative estimate of drug-likeness (QED) is 0.273. The molecule has 0 aliphatic rings. The van der Waals surface area contributed by atoms with E-state index in [-0.39, 0.29) is 0 Å². The molecular formula is C7HF5NS. The van der Waals surface area contributed by atoms with Crippen molar-refractivity contribution in [2.24, 2.45) is 0 Å². The molecule has 0 atom stereocenters. The first-order chi connectivity index (χ1) is 6.50. The topological polar surface area (TPSA) is 12.0 Å². The van der Waals surface area contributed by atoms with Crippen LogP contribution < -0.4 is 5.32 Å². The maximum Gasteiger partial charge on any atom is 0.200 e. The molecule has 0 bridgehead atoms. The summed E-state index contributed by atoms with van der Waals surface area (Å²) >= 11 is 4.04. The second kappa shape index (κ2) is 3.87. The Morgan fingerprint density at radius 1 is 0.786 bits per heavy atom. The van der Waals surface area contributed by atoms with E-state index in [1.165, 1.54) is 0 Å². The molecule has 1 N–H and O–H groups in total. The van der Waals surface area contributed by atoms with Gasteiger partial charge in [0, 0.05) is 0 Å². The van der Waals surface area contributed by atoms with E-state index >= 15 is 0 Å². The molecule has 0 saturated carbocycles. The summed E-state index contributed by atoms with van der Waals surface area (Å²) in [4.78, 5) is 0. The van der Waals surface area contributed by atoms with Crippen molar-refractivity contribution in [3.05, 3.63) is 29.1 Å². The maximum absolute atomic E-state index is 12.7. The van der Waals surface area contributed by atoms with Crippen LogP contribution >= 0.6 is 12.2 Å². The Balaban J connectivity index is 3.50. The van der Waals surface area contributed by atoms with Gasteiger partial charge in [0.2, 0.25) is 5.82 Å². The van der Waals surface area contributed by atoms with Crippen LogP contribution in [-0.4, -0.2) is 5.49 Å². The van der Waals surface area contributed by atoms with Gasteiger partial charge in [-0.2, -0.15) is 0 Å². The van der Waals surface area contributed by atoms with Crippen molar-refractivity contribution in [2.45, 2.75) is 0 Å². The van der Waals surface area contributed by atoms with E-state index in [4.69, 9.17) is 0 Å². The van der Waals surface area contributed by atoms with Gasteiger partial charge in [0.05, 0.1) is 0 Å². The average Bonchev–Trinajstić information content (AvgIpc) is 2.19. The molecule has 0 heterocycles. The zero-order valence-electron chi connectivity index (χ0n) is 6.30. The Bertz CT molecular complexity index is 363. The summed E-state index contributed by atoms with van der Waals surface area (Å²) in [6, 6.07) is 0. The molecule has 0 spiro atoms. The molecule has 14 heavy (non-hydrogen) atoms. The smallest absolute Gasteiger partial charge is 0.200 e. The molecule has 0 amide bonds. The zero-order valence-corrected chi connectivity index (χ0v) is 7.11. The first kappa shape index (κ1) is 10.8. The number of halogens is 5. The minimum Gasteiger partial charge on any atom is -0.339 e. The summed E-state index contributed by atoms with van der Waals surface area (Å²) in [5.41, 5.74) is 0.425. The van der Waals surface area contributed by atoms with Gasteiger partial charge in [-0.25, -0.2) is 22.0 Å². The Hall–Kier alpha value is -1.24. The minimum absolute atomic E-state index is 1.21. The molecule has 0 fully saturated rings. The molecule has 0 aromatic heterocycles. The molecule has 0 aliphatic carbocycles. The summed E-state index contributed by atoms with van der Waals surface area (Å²) in [6.07, 6.45) is 0. The maximum atomic E-state index is 12.7. The molecule has 75 valence electrons. The van der Waals surface area contributed by atoms with Crippen LogP contribution in [0.1, 0.15) is 0 Å². The average molecular weight is 226 g/mol. The number of rotatable bonds is 2. The van der Waals surface area contributed by atoms with Crippen LogP contribution in [-0.2, 0) is 0 Å². The predicted molar refractivity (Wildman–Crippen MR) is 42.5 cm³/mol. The van der Waals surface area contributed by atoms with E-state index in [1.54, 1.807) is 10.8 Å². The largest absolute Gasteiger partial charge is 0.339 e. The lowest BCUT2D eigenvalue weighted by Crippen LogP contribution is -2.07. The summed E-state index contributed by atoms with van der Waals surface area (Å²) in [5, 5.41) is 1.62. The highest BCUT2D eigenvalue weighted by Crippen LogP contribution is 2.26. The Morgan fingerprint density at radius 2 is 1.14 bits per heavy atom. The van der Waals surface area contributed by atoms with Gasteiger partial charge in [-0.05, 0) is 0 Å². The Kier molecular flexibility index (Phi) is 3.00. The van der Waals surface area contributed by atoms with Crippen LogP contribution in [0, 0.1) is 29.1 Å². The lowest BCUT2D eigenvalue weighted by Gasteiger charge is -2.05. The third-order valence-electron chi connectivity index (χ3n) is 1.39. The highest BCUT2D eigenvalue weighted by molar-refractivity contribution is 7.79. The molecule has 0 aliphatic heterocycles. The summed E-state index contributed by atoms with van der Waals surface area (Å²) in [5.74, 6) is -10.2. The van der Waals surface area contributed by atoms with E-state index in [0.29, 0.717) is 0 Å². The van der Waals surface area contributed by atoms with Crippen LogP contribution in [0.4, 0.5) is 27.6 Å². The molecule has 1 aromatic rings. The SMILES string of the molecule is Fc1c(F)c(F)c(N[C]=S)c(F)c1F. The van der Waals surface area contributed by atoms with E-state index in [0.717, 1.165) is 0 Å². The number of benzene rings is 1. The number of thiocarbonyl (C=S) groups is 1. The van der Waals surface area contributed by atoms with Gasteiger partial charge in [0.15, 0.2) is 23.3 Å². The van der Waals surface area contributed by atoms with Gasteiger partial charge in [-0.15, -0.1) is 0 Å². The van der Waals surface area contributed by atoms with Gasteiger partial charge >= 0.3 is 0 Å². The lowest BCUT2D eigenvalue weighted by molar-refractivity contribution is 0.382. The van der Waals surface area contributed by atoms with Gasteiger partial charge in [-0.1, -0.05) is 12.2 Å². The fourth-order valence-corrected chi connectivity index (χ4v) is 0.868. The molecule has 1 aromatic carbocycles. The fourth-order valence-electron chi connectivity index (χ4n) is 0.766. The standard InChI is InChI=1S/C7HF5NS/c8-2-3(9)5(11)7(13-1-14)6(12)4(2)10/h(H,13,14). The normalized spacial score (nSPS) is 10.1. The third kappa shape index (κ3) is 1.54. The van der Waals surface area contributed by atoms with E-state index in [2.05, 4.69) is 12.2 Å². The summed E-state index contributed by atoms with van der Waals surface area (Å²) in [6.45, 7) is 0. The fraction of sp³-hybridized carbons (Fsp3) is 0. The second-order valence-corrected chi connectivity index (χ2v) is 2.38. The van der Waals surface area contributed by atoms with Crippen molar-refractivity contribution >= 4 is 23.4 Å². The van der Waals surface area contributed by atoms with Crippen molar-refractivity contribution in [2.75, 3.05) is 5.32 Å². The first-order valence-corrected chi connectivity index (χ1v) is 3.56. The number of hydrogen-bond donors (Lipinski definition) is 1. The van der Waals surface area contributed by atoms with Crippen LogP contribution in [0.2, 0.25) is 0 Å². The number of nitrogens with one attached hydrogen (secondary N) is 1. The molecular weight excluding hydrogens is 225 g/mol. The van der Waals surface area contributed by atoms with Gasteiger partial charge in [-0.3, -0.25) is 0 Å². The molecule has 1 nitrogen and oxygen atoms in total. The second-order valence-electron chi connectivity index (χ2n) is 2.17. The van der Waals surface area contributed by atoms with E-state index < -0.39 is 34.8 Å². The van der Waals surface area contributed by atoms with E-state index in [1.807, 2.05) is 0 Å². The minimum atomic E-state index is -2.21. The third-order valence-corrected chi connectivity index (χ3v) is 1.49. The number of hydrogen-bond acceptors (Lipinski definition) is 1. The van der Waals surface area contributed by atoms with Crippen molar-refractivity contribution in [1.29, 1.82) is 0 Å². The summed E-state index contributed by atoms with van der Waals surface area (Å²) < 4.78 is 62.8. The van der Waals surface area contributed by atoms with Crippen LogP contribution in [0.5, 0.6) is 0 Å². The van der Waals surface area contributed by atoms with Crippen LogP contribution in [0.25, 0.3) is 0 Å². The van der Waals surface area contributed by atoms with Crippen LogP contribution in [0.15, 0.2) is 0 Å². The van der Waals surface area contributed by atoms with Gasteiger partial charge in [0.25, 0.3) is 0 Å². The first-order valence-electron chi connectivity index (χ1n) is 3.15. The monoisotopic (exact) mass is 226 g/mol. The molecule has 7 heteroatoms. The molecule has 1 rings (SSSR count). The summed E-state index contributed by atoms with van der Waals surface area (Å²) in [7, 11) is 0. The highest BCUT2D eigenvalue weighted by Gasteiger charge is 2.25. The van der Waals surface area contributed by atoms with Gasteiger partial charge < -0.3 is 5.32 Å². The zero-order chi connectivity index (χ0) is 10.9. The molecule has 1 radical (unpaired) electrons. The van der Waals surface area contributed by atoms with Crippen LogP contribution in [0.3, 0.4) is 0 Å². The lowest BCUT2D eigenvalue weighted by atomic mass is 10.2. The molecule has 0 unspecified atom stereocenters. The van der Waals surface area contributed by atoms with Crippen molar-refractivity contribution in [3.8, 4) is 0 Å². The van der Waals surface area contributed by atoms with Crippen molar-refractivity contribution < 1.29 is 22.0 Å². The van der Waals surface area contributed by atoms with Crippen molar-refractivity contribution in [3.63, 3.8) is 0 Å². The van der Waals surface area contributed by atoms with Gasteiger partial charge in [0.1, 0.15) is 11.2 Å². The van der Waals surface area contributed by atoms with Crippen molar-refractivity contribution in [1.82, 2.24) is 0 Å². The molecule has 0 saturated heterocycles.